The zero-order valence-electron chi connectivity index (χ0n) is 16.5. The van der Waals surface area contributed by atoms with E-state index in [-0.39, 0.29) is 5.75 Å². The summed E-state index contributed by atoms with van der Waals surface area (Å²) < 4.78 is 13.9. The number of phenols is 1. The van der Waals surface area contributed by atoms with Crippen molar-refractivity contribution in [2.24, 2.45) is 0 Å². The molecule has 2 aromatic carbocycles. The van der Waals surface area contributed by atoms with E-state index >= 15 is 0 Å². The van der Waals surface area contributed by atoms with Crippen LogP contribution in [0.25, 0.3) is 55.8 Å². The Morgan fingerprint density at radius 1 is 0.844 bits per heavy atom. The lowest BCUT2D eigenvalue weighted by atomic mass is 10.0. The molecular weight excluding hydrogens is 407 g/mol. The minimum Gasteiger partial charge on any atom is -0.508 e. The first kappa shape index (κ1) is 18.2. The van der Waals surface area contributed by atoms with Crippen molar-refractivity contribution in [2.75, 3.05) is 0 Å². The van der Waals surface area contributed by atoms with Crippen LogP contribution < -0.4 is 0 Å². The van der Waals surface area contributed by atoms with Gasteiger partial charge in [0.15, 0.2) is 5.82 Å². The first-order valence-electron chi connectivity index (χ1n) is 9.89. The van der Waals surface area contributed by atoms with Crippen LogP contribution in [0.1, 0.15) is 0 Å². The number of pyridine rings is 2. The van der Waals surface area contributed by atoms with E-state index in [4.69, 9.17) is 4.98 Å². The number of aromatic hydroxyl groups is 1. The lowest BCUT2D eigenvalue weighted by molar-refractivity contribution is 0.469. The van der Waals surface area contributed by atoms with Crippen LogP contribution in [0.15, 0.2) is 73.2 Å². The summed E-state index contributed by atoms with van der Waals surface area (Å²) in [7, 11) is 0. The summed E-state index contributed by atoms with van der Waals surface area (Å²) in [6.07, 6.45) is 5.17. The highest BCUT2D eigenvalue weighted by Gasteiger charge is 2.17. The van der Waals surface area contributed by atoms with E-state index in [0.29, 0.717) is 28.3 Å². The smallest absolute Gasteiger partial charge is 0.159 e. The zero-order chi connectivity index (χ0) is 21.7. The van der Waals surface area contributed by atoms with Crippen molar-refractivity contribution in [3.63, 3.8) is 0 Å². The molecule has 0 bridgehead atoms. The molecule has 0 fully saturated rings. The fourth-order valence-corrected chi connectivity index (χ4v) is 3.88. The SMILES string of the molecule is Oc1cc(F)cc(-c2nccc3[nH]c(-c4n[nH]c5ccc(-c6cccnc6)cc45)nc23)c1. The van der Waals surface area contributed by atoms with Crippen LogP contribution in [0, 0.1) is 5.82 Å². The van der Waals surface area contributed by atoms with Gasteiger partial charge < -0.3 is 10.1 Å². The van der Waals surface area contributed by atoms with Gasteiger partial charge in [0.05, 0.1) is 16.7 Å². The van der Waals surface area contributed by atoms with Crippen LogP contribution in [0.2, 0.25) is 0 Å². The maximum Gasteiger partial charge on any atom is 0.159 e. The number of fused-ring (bicyclic) bond motifs is 2. The zero-order valence-corrected chi connectivity index (χ0v) is 16.5. The van der Waals surface area contributed by atoms with Gasteiger partial charge >= 0.3 is 0 Å². The van der Waals surface area contributed by atoms with Crippen LogP contribution in [-0.4, -0.2) is 35.2 Å². The molecule has 0 saturated heterocycles. The molecule has 154 valence electrons. The van der Waals surface area contributed by atoms with Crippen LogP contribution in [0.3, 0.4) is 0 Å². The fourth-order valence-electron chi connectivity index (χ4n) is 3.88. The van der Waals surface area contributed by atoms with Crippen LogP contribution in [0.5, 0.6) is 5.75 Å². The minimum absolute atomic E-state index is 0.171. The molecule has 0 spiro atoms. The number of H-pyrrole nitrogens is 2. The summed E-state index contributed by atoms with van der Waals surface area (Å²) in [6.45, 7) is 0. The maximum atomic E-state index is 13.9. The number of hydrogen-bond acceptors (Lipinski definition) is 5. The van der Waals surface area contributed by atoms with Gasteiger partial charge in [-0.05, 0) is 42.0 Å². The molecule has 7 nitrogen and oxygen atoms in total. The van der Waals surface area contributed by atoms with Gasteiger partial charge in [-0.25, -0.2) is 9.37 Å². The molecule has 3 N–H and O–H groups in total. The standard InChI is InChI=1S/C24H15FN6O/c25-16-8-15(9-17(32)11-16)21-23-20(5-7-27-21)28-24(29-23)22-18-10-13(3-4-19(18)30-31-22)14-2-1-6-26-12-14/h1-12,32H,(H,28,29)(H,30,31). The lowest BCUT2D eigenvalue weighted by Gasteiger charge is -2.03. The van der Waals surface area contributed by atoms with E-state index in [0.717, 1.165) is 33.6 Å². The number of phenolic OH excluding ortho intramolecular Hbond substituents is 1. The van der Waals surface area contributed by atoms with E-state index in [2.05, 4.69) is 25.1 Å². The quantitative estimate of drug-likeness (QED) is 0.369. The normalized spacial score (nSPS) is 11.4. The molecule has 0 amide bonds. The number of aromatic amines is 2. The van der Waals surface area contributed by atoms with E-state index < -0.39 is 5.82 Å². The highest BCUT2D eigenvalue weighted by atomic mass is 19.1. The van der Waals surface area contributed by atoms with Gasteiger partial charge in [0, 0.05) is 41.2 Å². The van der Waals surface area contributed by atoms with Gasteiger partial charge in [0.1, 0.15) is 22.8 Å². The van der Waals surface area contributed by atoms with Crippen molar-refractivity contribution in [3.8, 4) is 39.7 Å². The minimum atomic E-state index is -0.546. The third-order valence-electron chi connectivity index (χ3n) is 5.34. The summed E-state index contributed by atoms with van der Waals surface area (Å²) >= 11 is 0. The highest BCUT2D eigenvalue weighted by Crippen LogP contribution is 2.33. The topological polar surface area (TPSA) is 103 Å². The molecule has 6 rings (SSSR count). The van der Waals surface area contributed by atoms with Gasteiger partial charge in [-0.1, -0.05) is 12.1 Å². The molecule has 4 aromatic heterocycles. The van der Waals surface area contributed by atoms with E-state index in [9.17, 15) is 9.50 Å². The molecule has 6 aromatic rings. The third kappa shape index (κ3) is 2.97. The summed E-state index contributed by atoms with van der Waals surface area (Å²) in [5, 5.41) is 18.2. The monoisotopic (exact) mass is 422 g/mol. The Balaban J connectivity index is 1.52. The molecule has 0 aliphatic rings. The van der Waals surface area contributed by atoms with E-state index in [1.807, 2.05) is 36.5 Å². The van der Waals surface area contributed by atoms with Gasteiger partial charge in [0.2, 0.25) is 0 Å². The maximum absolute atomic E-state index is 13.9. The molecule has 0 atom stereocenters. The number of imidazole rings is 1. The number of hydrogen-bond donors (Lipinski definition) is 3. The fraction of sp³-hybridized carbons (Fsp3) is 0. The molecule has 4 heterocycles. The van der Waals surface area contributed by atoms with Crippen molar-refractivity contribution in [1.29, 1.82) is 0 Å². The van der Waals surface area contributed by atoms with Gasteiger partial charge in [-0.3, -0.25) is 15.1 Å². The van der Waals surface area contributed by atoms with Crippen molar-refractivity contribution in [1.82, 2.24) is 30.1 Å². The van der Waals surface area contributed by atoms with E-state index in [1.165, 1.54) is 12.1 Å². The number of nitrogens with zero attached hydrogens (tertiary/aromatic N) is 4. The Labute approximate surface area is 180 Å². The second kappa shape index (κ2) is 6.98. The van der Waals surface area contributed by atoms with Crippen molar-refractivity contribution in [2.45, 2.75) is 0 Å². The Morgan fingerprint density at radius 3 is 2.62 bits per heavy atom. The second-order valence-electron chi connectivity index (χ2n) is 7.41. The average Bonchev–Trinajstić information content (AvgIpc) is 3.42. The summed E-state index contributed by atoms with van der Waals surface area (Å²) in [4.78, 5) is 16.6. The largest absolute Gasteiger partial charge is 0.508 e. The molecule has 0 unspecified atom stereocenters. The van der Waals surface area contributed by atoms with Crippen LogP contribution >= 0.6 is 0 Å². The Kier molecular flexibility index (Phi) is 3.97. The number of halogens is 1. The Morgan fingerprint density at radius 2 is 1.78 bits per heavy atom. The lowest BCUT2D eigenvalue weighted by Crippen LogP contribution is -1.87. The highest BCUT2D eigenvalue weighted by molar-refractivity contribution is 5.97. The van der Waals surface area contributed by atoms with Gasteiger partial charge in [0.25, 0.3) is 0 Å². The first-order valence-corrected chi connectivity index (χ1v) is 9.89. The third-order valence-corrected chi connectivity index (χ3v) is 5.34. The molecule has 0 aliphatic heterocycles. The summed E-state index contributed by atoms with van der Waals surface area (Å²) in [5.41, 5.74) is 5.76. The molecular formula is C24H15FN6O. The number of rotatable bonds is 3. The summed E-state index contributed by atoms with van der Waals surface area (Å²) in [6, 6.07) is 15.6. The first-order chi connectivity index (χ1) is 15.7. The predicted molar refractivity (Wildman–Crippen MR) is 119 cm³/mol. The average molecular weight is 422 g/mol. The van der Waals surface area contributed by atoms with Gasteiger partial charge in [-0.2, -0.15) is 5.10 Å². The Bertz CT molecular complexity index is 1590. The second-order valence-corrected chi connectivity index (χ2v) is 7.41. The molecule has 0 saturated carbocycles. The number of benzene rings is 2. The summed E-state index contributed by atoms with van der Waals surface area (Å²) in [5.74, 6) is -0.156. The van der Waals surface area contributed by atoms with Crippen molar-refractivity contribution >= 4 is 21.9 Å². The van der Waals surface area contributed by atoms with Crippen molar-refractivity contribution < 1.29 is 9.50 Å². The van der Waals surface area contributed by atoms with Crippen molar-refractivity contribution in [3.05, 3.63) is 79.0 Å². The molecule has 32 heavy (non-hydrogen) atoms. The number of aromatic nitrogens is 6. The Hall–Kier alpha value is -4.59. The van der Waals surface area contributed by atoms with Crippen LogP contribution in [-0.2, 0) is 0 Å². The molecule has 8 heteroatoms. The predicted octanol–water partition coefficient (Wildman–Crippen LogP) is 5.07. The van der Waals surface area contributed by atoms with E-state index in [1.54, 1.807) is 18.5 Å². The van der Waals surface area contributed by atoms with Gasteiger partial charge in [-0.15, -0.1) is 0 Å². The molecule has 0 aliphatic carbocycles. The van der Waals surface area contributed by atoms with Crippen LogP contribution in [0.4, 0.5) is 4.39 Å². The molecule has 0 radical (unpaired) electrons. The number of nitrogens with one attached hydrogen (secondary N) is 2.